The van der Waals surface area contributed by atoms with Gasteiger partial charge < -0.3 is 5.73 Å². The maximum absolute atomic E-state index is 12.8. The monoisotopic (exact) mass is 344 g/mol. The number of carbonyl (C=O) groups excluding carboxylic acids is 1. The summed E-state index contributed by atoms with van der Waals surface area (Å²) < 4.78 is 0. The van der Waals surface area contributed by atoms with Gasteiger partial charge in [0.1, 0.15) is 0 Å². The number of benzene rings is 1. The fraction of sp³-hybridized carbons (Fsp3) is 0.238. The number of carbonyl (C=O) groups is 1. The Hall–Kier alpha value is -3.08. The lowest BCUT2D eigenvalue weighted by molar-refractivity contribution is 0.0962. The summed E-state index contributed by atoms with van der Waals surface area (Å²) >= 11 is 0. The minimum absolute atomic E-state index is 0.0690. The number of fused-ring (bicyclic) bond motifs is 1. The van der Waals surface area contributed by atoms with Gasteiger partial charge in [0.2, 0.25) is 5.95 Å². The normalized spacial score (nSPS) is 16.4. The molecule has 2 N–H and O–H groups in total. The molecule has 2 heterocycles. The van der Waals surface area contributed by atoms with Gasteiger partial charge in [-0.25, -0.2) is 9.97 Å². The molecule has 2 aromatic heterocycles. The third-order valence-corrected chi connectivity index (χ3v) is 5.06. The second-order valence-electron chi connectivity index (χ2n) is 6.80. The summed E-state index contributed by atoms with van der Waals surface area (Å²) in [6, 6.07) is 10.2. The fourth-order valence-corrected chi connectivity index (χ4v) is 3.86. The summed E-state index contributed by atoms with van der Waals surface area (Å²) in [4.78, 5) is 25.6. The minimum atomic E-state index is 0.0690. The van der Waals surface area contributed by atoms with Gasteiger partial charge in [0.05, 0.1) is 17.0 Å². The summed E-state index contributed by atoms with van der Waals surface area (Å²) in [5, 5.41) is 0. The molecule has 0 spiro atoms. The van der Waals surface area contributed by atoms with Crippen molar-refractivity contribution in [3.63, 3.8) is 0 Å². The van der Waals surface area contributed by atoms with E-state index in [9.17, 15) is 4.79 Å². The molecule has 4 rings (SSSR count). The van der Waals surface area contributed by atoms with Gasteiger partial charge in [-0.15, -0.1) is 0 Å². The van der Waals surface area contributed by atoms with Gasteiger partial charge >= 0.3 is 0 Å². The third-order valence-electron chi connectivity index (χ3n) is 5.06. The lowest BCUT2D eigenvalue weighted by Gasteiger charge is -2.26. The smallest absolute Gasteiger partial charge is 0.220 e. The minimum Gasteiger partial charge on any atom is -0.368 e. The average Bonchev–Trinajstić information content (AvgIpc) is 2.61. The maximum atomic E-state index is 12.8. The predicted octanol–water partition coefficient (Wildman–Crippen LogP) is 3.65. The van der Waals surface area contributed by atoms with E-state index in [0.29, 0.717) is 24.1 Å². The van der Waals surface area contributed by atoms with E-state index in [2.05, 4.69) is 34.0 Å². The Labute approximate surface area is 152 Å². The van der Waals surface area contributed by atoms with Crippen LogP contribution in [0.15, 0.2) is 42.7 Å². The molecule has 5 nitrogen and oxygen atoms in total. The molecule has 0 amide bonds. The van der Waals surface area contributed by atoms with Crippen LogP contribution >= 0.6 is 0 Å². The lowest BCUT2D eigenvalue weighted by atomic mass is 9.78. The first-order valence-electron chi connectivity index (χ1n) is 8.70. The molecule has 1 aliphatic rings. The number of aromatic nitrogens is 3. The topological polar surface area (TPSA) is 81.8 Å². The number of hydrogen-bond acceptors (Lipinski definition) is 5. The number of Topliss-reactive ketones (excluding diaryl/α,β-unsaturated/α-hetero) is 1. The van der Waals surface area contributed by atoms with Crippen molar-refractivity contribution in [3.8, 4) is 11.1 Å². The largest absolute Gasteiger partial charge is 0.368 e. The number of nitrogens with two attached hydrogens (primary N) is 1. The van der Waals surface area contributed by atoms with E-state index in [1.807, 2.05) is 31.3 Å². The number of hydrogen-bond donors (Lipinski definition) is 1. The van der Waals surface area contributed by atoms with E-state index >= 15 is 0 Å². The van der Waals surface area contributed by atoms with Crippen LogP contribution < -0.4 is 5.73 Å². The van der Waals surface area contributed by atoms with Crippen molar-refractivity contribution in [2.45, 2.75) is 32.6 Å². The predicted molar refractivity (Wildman–Crippen MR) is 101 cm³/mol. The van der Waals surface area contributed by atoms with Crippen molar-refractivity contribution >= 4 is 11.7 Å². The second-order valence-corrected chi connectivity index (χ2v) is 6.80. The molecule has 0 aliphatic heterocycles. The van der Waals surface area contributed by atoms with Crippen LogP contribution in [0.25, 0.3) is 11.1 Å². The van der Waals surface area contributed by atoms with Gasteiger partial charge in [-0.05, 0) is 48.9 Å². The van der Waals surface area contributed by atoms with Crippen molar-refractivity contribution in [1.82, 2.24) is 15.0 Å². The molecule has 0 fully saturated rings. The summed E-state index contributed by atoms with van der Waals surface area (Å²) in [6.45, 7) is 3.90. The van der Waals surface area contributed by atoms with Crippen LogP contribution in [0, 0.1) is 13.8 Å². The molecule has 1 aliphatic carbocycles. The number of nitrogen functional groups attached to an aromatic ring is 1. The Balaban J connectivity index is 1.81. The van der Waals surface area contributed by atoms with E-state index in [1.165, 1.54) is 0 Å². The molecule has 1 aromatic carbocycles. The highest BCUT2D eigenvalue weighted by Gasteiger charge is 2.31. The standard InChI is InChI=1S/C21H20N4O/c1-12-7-8-23-11-17(12)16-6-4-3-5-15(16)14-9-18-20(19(26)10-14)13(2)24-21(22)25-18/h3-8,11,14H,9-10H2,1-2H3,(H2,22,24,25). The molecule has 0 saturated carbocycles. The first-order chi connectivity index (χ1) is 12.5. The molecule has 130 valence electrons. The van der Waals surface area contributed by atoms with Crippen LogP contribution in [0.5, 0.6) is 0 Å². The van der Waals surface area contributed by atoms with Crippen LogP contribution in [0.1, 0.15) is 45.2 Å². The molecule has 0 radical (unpaired) electrons. The van der Waals surface area contributed by atoms with E-state index in [1.54, 1.807) is 6.20 Å². The first kappa shape index (κ1) is 16.4. The molecule has 3 aromatic rings. The Bertz CT molecular complexity index is 1010. The number of ketones is 1. The Kier molecular flexibility index (Phi) is 3.99. The van der Waals surface area contributed by atoms with Gasteiger partial charge in [0.25, 0.3) is 0 Å². The van der Waals surface area contributed by atoms with Crippen LogP contribution in [0.4, 0.5) is 5.95 Å². The molecule has 1 atom stereocenters. The van der Waals surface area contributed by atoms with Gasteiger partial charge in [0, 0.05) is 24.4 Å². The highest BCUT2D eigenvalue weighted by Crippen LogP contribution is 2.38. The van der Waals surface area contributed by atoms with Crippen molar-refractivity contribution < 1.29 is 4.79 Å². The first-order valence-corrected chi connectivity index (χ1v) is 8.70. The Morgan fingerprint density at radius 3 is 2.65 bits per heavy atom. The summed E-state index contributed by atoms with van der Waals surface area (Å²) in [5.41, 5.74) is 12.4. The third kappa shape index (κ3) is 2.75. The van der Waals surface area contributed by atoms with E-state index < -0.39 is 0 Å². The SMILES string of the molecule is Cc1ccncc1-c1ccccc1C1CC(=O)c2c(C)nc(N)nc2C1. The van der Waals surface area contributed by atoms with Crippen molar-refractivity contribution in [2.24, 2.45) is 0 Å². The van der Waals surface area contributed by atoms with Gasteiger partial charge in [-0.3, -0.25) is 9.78 Å². The molecule has 5 heteroatoms. The molecule has 0 saturated heterocycles. The van der Waals surface area contributed by atoms with Crippen LogP contribution in [0.2, 0.25) is 0 Å². The quantitative estimate of drug-likeness (QED) is 0.767. The lowest BCUT2D eigenvalue weighted by Crippen LogP contribution is -2.23. The van der Waals surface area contributed by atoms with Crippen LogP contribution in [0.3, 0.4) is 0 Å². The average molecular weight is 344 g/mol. The van der Waals surface area contributed by atoms with Gasteiger partial charge in [0.15, 0.2) is 5.78 Å². The van der Waals surface area contributed by atoms with E-state index in [4.69, 9.17) is 5.73 Å². The number of rotatable bonds is 2. The highest BCUT2D eigenvalue weighted by molar-refractivity contribution is 6.00. The molecular weight excluding hydrogens is 324 g/mol. The summed E-state index contributed by atoms with van der Waals surface area (Å²) in [5.74, 6) is 0.386. The second kappa shape index (κ2) is 6.33. The highest BCUT2D eigenvalue weighted by atomic mass is 16.1. The van der Waals surface area contributed by atoms with Crippen molar-refractivity contribution in [1.29, 1.82) is 0 Å². The number of anilines is 1. The molecular formula is C21H20N4O. The molecule has 26 heavy (non-hydrogen) atoms. The summed E-state index contributed by atoms with van der Waals surface area (Å²) in [6.07, 6.45) is 4.82. The number of pyridine rings is 1. The number of aryl methyl sites for hydroxylation is 2. The number of nitrogens with zero attached hydrogens (tertiary/aromatic N) is 3. The molecule has 1 unspecified atom stereocenters. The van der Waals surface area contributed by atoms with E-state index in [0.717, 1.165) is 27.9 Å². The van der Waals surface area contributed by atoms with Gasteiger partial charge in [-0.2, -0.15) is 0 Å². The summed E-state index contributed by atoms with van der Waals surface area (Å²) in [7, 11) is 0. The fourth-order valence-electron chi connectivity index (χ4n) is 3.86. The van der Waals surface area contributed by atoms with Crippen molar-refractivity contribution in [3.05, 3.63) is 70.8 Å². The zero-order chi connectivity index (χ0) is 18.3. The van der Waals surface area contributed by atoms with Gasteiger partial charge in [-0.1, -0.05) is 24.3 Å². The Morgan fingerprint density at radius 2 is 1.85 bits per heavy atom. The zero-order valence-electron chi connectivity index (χ0n) is 14.9. The van der Waals surface area contributed by atoms with Crippen LogP contribution in [-0.4, -0.2) is 20.7 Å². The van der Waals surface area contributed by atoms with Crippen LogP contribution in [-0.2, 0) is 6.42 Å². The van der Waals surface area contributed by atoms with E-state index in [-0.39, 0.29) is 17.6 Å². The Morgan fingerprint density at radius 1 is 1.04 bits per heavy atom. The zero-order valence-corrected chi connectivity index (χ0v) is 14.9. The maximum Gasteiger partial charge on any atom is 0.220 e. The van der Waals surface area contributed by atoms with Crippen molar-refractivity contribution in [2.75, 3.05) is 5.73 Å². The molecule has 0 bridgehead atoms.